The first kappa shape index (κ1) is 15.7. The highest BCUT2D eigenvalue weighted by Gasteiger charge is 2.12. The van der Waals surface area contributed by atoms with Crippen LogP contribution in [0.15, 0.2) is 40.9 Å². The lowest BCUT2D eigenvalue weighted by Crippen LogP contribution is -2.21. The number of benzene rings is 1. The molecule has 2 rings (SSSR count). The van der Waals surface area contributed by atoms with Gasteiger partial charge >= 0.3 is 0 Å². The van der Waals surface area contributed by atoms with E-state index in [-0.39, 0.29) is 0 Å². The predicted molar refractivity (Wildman–Crippen MR) is 93.4 cm³/mol. The Balaban J connectivity index is 2.15. The van der Waals surface area contributed by atoms with E-state index in [1.807, 2.05) is 11.3 Å². The van der Waals surface area contributed by atoms with Gasteiger partial charge in [0.2, 0.25) is 0 Å². The van der Waals surface area contributed by atoms with E-state index in [4.69, 9.17) is 0 Å². The Morgan fingerprint density at radius 3 is 2.45 bits per heavy atom. The molecule has 0 saturated carbocycles. The van der Waals surface area contributed by atoms with Crippen molar-refractivity contribution in [1.82, 2.24) is 5.32 Å². The SMILES string of the molecule is CCCNC(CCC)c1ccc(-c2ccc(Br)cc2)s1. The molecular formula is C17H22BrNS. The molecule has 0 bridgehead atoms. The topological polar surface area (TPSA) is 12.0 Å². The molecule has 1 heterocycles. The molecule has 1 nitrogen and oxygen atoms in total. The molecule has 1 atom stereocenters. The van der Waals surface area contributed by atoms with Crippen LogP contribution in [-0.4, -0.2) is 6.54 Å². The van der Waals surface area contributed by atoms with Gasteiger partial charge in [0.25, 0.3) is 0 Å². The average molecular weight is 352 g/mol. The summed E-state index contributed by atoms with van der Waals surface area (Å²) in [6.07, 6.45) is 3.61. The molecule has 0 amide bonds. The summed E-state index contributed by atoms with van der Waals surface area (Å²) in [6, 6.07) is 13.6. The van der Waals surface area contributed by atoms with E-state index in [9.17, 15) is 0 Å². The van der Waals surface area contributed by atoms with Crippen molar-refractivity contribution in [3.8, 4) is 10.4 Å². The van der Waals surface area contributed by atoms with E-state index < -0.39 is 0 Å². The zero-order valence-electron chi connectivity index (χ0n) is 12.2. The van der Waals surface area contributed by atoms with Crippen molar-refractivity contribution in [2.75, 3.05) is 6.54 Å². The van der Waals surface area contributed by atoms with Crippen LogP contribution in [0, 0.1) is 0 Å². The van der Waals surface area contributed by atoms with Gasteiger partial charge in [0, 0.05) is 20.3 Å². The maximum atomic E-state index is 3.66. The molecule has 0 radical (unpaired) electrons. The summed E-state index contributed by atoms with van der Waals surface area (Å²) in [6.45, 7) is 5.57. The second-order valence-electron chi connectivity index (χ2n) is 5.00. The van der Waals surface area contributed by atoms with Gasteiger partial charge in [-0.1, -0.05) is 48.3 Å². The van der Waals surface area contributed by atoms with E-state index in [0.29, 0.717) is 6.04 Å². The minimum absolute atomic E-state index is 0.508. The van der Waals surface area contributed by atoms with Crippen LogP contribution in [0.2, 0.25) is 0 Å². The highest BCUT2D eigenvalue weighted by atomic mass is 79.9. The molecule has 20 heavy (non-hydrogen) atoms. The molecule has 1 aromatic carbocycles. The van der Waals surface area contributed by atoms with Crippen molar-refractivity contribution >= 4 is 27.3 Å². The Morgan fingerprint density at radius 1 is 1.05 bits per heavy atom. The fourth-order valence-electron chi connectivity index (χ4n) is 2.26. The van der Waals surface area contributed by atoms with Crippen LogP contribution in [0.5, 0.6) is 0 Å². The fraction of sp³-hybridized carbons (Fsp3) is 0.412. The number of halogens is 1. The Kier molecular flexibility index (Phi) is 6.27. The van der Waals surface area contributed by atoms with Gasteiger partial charge in [-0.15, -0.1) is 11.3 Å². The first-order valence-electron chi connectivity index (χ1n) is 7.33. The van der Waals surface area contributed by atoms with Crippen LogP contribution in [0.4, 0.5) is 0 Å². The fourth-order valence-corrected chi connectivity index (χ4v) is 3.65. The maximum Gasteiger partial charge on any atom is 0.0414 e. The molecule has 1 aromatic heterocycles. The molecule has 1 N–H and O–H groups in total. The van der Waals surface area contributed by atoms with E-state index in [1.165, 1.54) is 34.6 Å². The van der Waals surface area contributed by atoms with Crippen molar-refractivity contribution in [1.29, 1.82) is 0 Å². The molecule has 108 valence electrons. The van der Waals surface area contributed by atoms with Crippen molar-refractivity contribution in [3.63, 3.8) is 0 Å². The van der Waals surface area contributed by atoms with Gasteiger partial charge in [-0.2, -0.15) is 0 Å². The largest absolute Gasteiger partial charge is 0.309 e. The average Bonchev–Trinajstić information content (AvgIpc) is 2.94. The van der Waals surface area contributed by atoms with Gasteiger partial charge in [0.15, 0.2) is 0 Å². The second kappa shape index (κ2) is 7.96. The third kappa shape index (κ3) is 4.18. The van der Waals surface area contributed by atoms with Crippen molar-refractivity contribution in [3.05, 3.63) is 45.7 Å². The van der Waals surface area contributed by atoms with E-state index in [0.717, 1.165) is 11.0 Å². The van der Waals surface area contributed by atoms with Crippen LogP contribution in [0.1, 0.15) is 44.0 Å². The summed E-state index contributed by atoms with van der Waals surface area (Å²) in [5.41, 5.74) is 1.30. The molecule has 0 fully saturated rings. The number of rotatable bonds is 7. The smallest absolute Gasteiger partial charge is 0.0414 e. The summed E-state index contributed by atoms with van der Waals surface area (Å²) >= 11 is 5.40. The highest BCUT2D eigenvalue weighted by molar-refractivity contribution is 9.10. The summed E-state index contributed by atoms with van der Waals surface area (Å²) in [7, 11) is 0. The zero-order chi connectivity index (χ0) is 14.4. The standard InChI is InChI=1S/C17H22BrNS/c1-3-5-15(19-12-4-2)17-11-10-16(20-17)13-6-8-14(18)9-7-13/h6-11,15,19H,3-5,12H2,1-2H3. The molecule has 0 aliphatic rings. The van der Waals surface area contributed by atoms with Gasteiger partial charge < -0.3 is 5.32 Å². The second-order valence-corrected chi connectivity index (χ2v) is 7.04. The molecule has 3 heteroatoms. The van der Waals surface area contributed by atoms with Crippen LogP contribution in [0.25, 0.3) is 10.4 Å². The lowest BCUT2D eigenvalue weighted by atomic mass is 10.1. The molecule has 1 unspecified atom stereocenters. The number of thiophene rings is 1. The molecule has 2 aromatic rings. The molecular weight excluding hydrogens is 330 g/mol. The number of hydrogen-bond donors (Lipinski definition) is 1. The summed E-state index contributed by atoms with van der Waals surface area (Å²) in [5, 5.41) is 3.66. The predicted octanol–water partition coefficient (Wildman–Crippen LogP) is 6.02. The number of nitrogens with one attached hydrogen (secondary N) is 1. The lowest BCUT2D eigenvalue weighted by Gasteiger charge is -2.16. The summed E-state index contributed by atoms with van der Waals surface area (Å²) < 4.78 is 1.13. The van der Waals surface area contributed by atoms with Crippen LogP contribution >= 0.6 is 27.3 Å². The molecule has 0 saturated heterocycles. The quantitative estimate of drug-likeness (QED) is 0.643. The van der Waals surface area contributed by atoms with Gasteiger partial charge in [0.1, 0.15) is 0 Å². The minimum atomic E-state index is 0.508. The van der Waals surface area contributed by atoms with E-state index >= 15 is 0 Å². The summed E-state index contributed by atoms with van der Waals surface area (Å²) in [4.78, 5) is 2.81. The Labute approximate surface area is 134 Å². The lowest BCUT2D eigenvalue weighted by molar-refractivity contribution is 0.501. The Morgan fingerprint density at radius 2 is 1.80 bits per heavy atom. The first-order valence-corrected chi connectivity index (χ1v) is 8.94. The zero-order valence-corrected chi connectivity index (χ0v) is 14.6. The molecule has 0 aliphatic heterocycles. The van der Waals surface area contributed by atoms with Gasteiger partial charge in [-0.05, 0) is 49.2 Å². The first-order chi connectivity index (χ1) is 9.74. The van der Waals surface area contributed by atoms with E-state index in [1.54, 1.807) is 0 Å². The number of hydrogen-bond acceptors (Lipinski definition) is 2. The summed E-state index contributed by atoms with van der Waals surface area (Å²) in [5.74, 6) is 0. The van der Waals surface area contributed by atoms with Gasteiger partial charge in [0.05, 0.1) is 0 Å². The third-order valence-electron chi connectivity index (χ3n) is 3.32. The minimum Gasteiger partial charge on any atom is -0.309 e. The maximum absolute atomic E-state index is 3.66. The van der Waals surface area contributed by atoms with Crippen LogP contribution in [-0.2, 0) is 0 Å². The van der Waals surface area contributed by atoms with Crippen molar-refractivity contribution < 1.29 is 0 Å². The molecule has 0 aliphatic carbocycles. The van der Waals surface area contributed by atoms with Crippen LogP contribution in [0.3, 0.4) is 0 Å². The third-order valence-corrected chi connectivity index (χ3v) is 5.09. The Bertz CT molecular complexity index is 518. The van der Waals surface area contributed by atoms with Gasteiger partial charge in [-0.3, -0.25) is 0 Å². The van der Waals surface area contributed by atoms with E-state index in [2.05, 4.69) is 71.5 Å². The van der Waals surface area contributed by atoms with Crippen molar-refractivity contribution in [2.24, 2.45) is 0 Å². The highest BCUT2D eigenvalue weighted by Crippen LogP contribution is 2.33. The molecule has 0 spiro atoms. The normalized spacial score (nSPS) is 12.6. The van der Waals surface area contributed by atoms with Crippen molar-refractivity contribution in [2.45, 2.75) is 39.2 Å². The van der Waals surface area contributed by atoms with Gasteiger partial charge in [-0.25, -0.2) is 0 Å². The monoisotopic (exact) mass is 351 g/mol. The Hall–Kier alpha value is -0.640. The van der Waals surface area contributed by atoms with Crippen LogP contribution < -0.4 is 5.32 Å².